The first-order valence-corrected chi connectivity index (χ1v) is 12.3. The molecule has 1 amide bonds. The monoisotopic (exact) mass is 473 g/mol. The lowest BCUT2D eigenvalue weighted by molar-refractivity contribution is -0.137. The SMILES string of the molecule is CC(=O)C(C)(CN1Cc2cc(OO)ccc2C1=O)C1CCN(S(=O)(=O)c2ccccn2)CC1. The van der Waals surface area contributed by atoms with Crippen LogP contribution in [0.3, 0.4) is 0 Å². The maximum atomic E-state index is 12.9. The highest BCUT2D eigenvalue weighted by Crippen LogP contribution is 2.40. The van der Waals surface area contributed by atoms with Crippen molar-refractivity contribution < 1.29 is 28.2 Å². The number of fused-ring (bicyclic) bond motifs is 1. The Morgan fingerprint density at radius 1 is 1.24 bits per heavy atom. The normalized spacial score (nSPS) is 19.2. The van der Waals surface area contributed by atoms with Gasteiger partial charge in [0.2, 0.25) is 0 Å². The molecule has 1 aromatic heterocycles. The number of nitrogens with zero attached hydrogens (tertiary/aromatic N) is 3. The first-order chi connectivity index (χ1) is 15.7. The number of carbonyl (C=O) groups is 2. The van der Waals surface area contributed by atoms with E-state index in [4.69, 9.17) is 5.26 Å². The minimum absolute atomic E-state index is 0.0180. The van der Waals surface area contributed by atoms with Crippen LogP contribution < -0.4 is 4.89 Å². The van der Waals surface area contributed by atoms with Crippen molar-refractivity contribution in [3.8, 4) is 5.75 Å². The summed E-state index contributed by atoms with van der Waals surface area (Å²) >= 11 is 0. The van der Waals surface area contributed by atoms with Crippen LogP contribution >= 0.6 is 0 Å². The van der Waals surface area contributed by atoms with Crippen LogP contribution in [0.2, 0.25) is 0 Å². The molecular weight excluding hydrogens is 446 g/mol. The van der Waals surface area contributed by atoms with Crippen LogP contribution in [0.5, 0.6) is 5.75 Å². The van der Waals surface area contributed by atoms with Crippen molar-refractivity contribution in [2.75, 3.05) is 19.6 Å². The van der Waals surface area contributed by atoms with Gasteiger partial charge in [0.05, 0.1) is 0 Å². The summed E-state index contributed by atoms with van der Waals surface area (Å²) in [4.78, 5) is 35.6. The molecule has 2 aromatic rings. The van der Waals surface area contributed by atoms with Crippen LogP contribution in [0.1, 0.15) is 42.6 Å². The van der Waals surface area contributed by atoms with Gasteiger partial charge in [-0.1, -0.05) is 13.0 Å². The highest BCUT2D eigenvalue weighted by molar-refractivity contribution is 7.89. The molecule has 1 atom stereocenters. The van der Waals surface area contributed by atoms with Crippen LogP contribution in [-0.4, -0.2) is 59.2 Å². The van der Waals surface area contributed by atoms with Crippen molar-refractivity contribution in [3.63, 3.8) is 0 Å². The third-order valence-electron chi connectivity index (χ3n) is 6.98. The summed E-state index contributed by atoms with van der Waals surface area (Å²) in [5, 5.41) is 8.91. The predicted molar refractivity (Wildman–Crippen MR) is 119 cm³/mol. The maximum absolute atomic E-state index is 12.9. The lowest BCUT2D eigenvalue weighted by Gasteiger charge is -2.42. The summed E-state index contributed by atoms with van der Waals surface area (Å²) in [5.41, 5.74) is 0.446. The highest BCUT2D eigenvalue weighted by Gasteiger charge is 2.45. The Labute approximate surface area is 193 Å². The van der Waals surface area contributed by atoms with Gasteiger partial charge in [0.1, 0.15) is 5.78 Å². The van der Waals surface area contributed by atoms with E-state index in [1.54, 1.807) is 29.2 Å². The standard InChI is InChI=1S/C23H27N3O6S/c1-16(27)23(2,15-25-14-17-13-19(32-29)6-7-20(17)22(25)28)18-8-11-26(12-9-18)33(30,31)21-5-3-4-10-24-21/h3-7,10,13,18,29H,8-9,11-12,14-15H2,1-2H3. The second-order valence-corrected chi connectivity index (χ2v) is 10.8. The Balaban J connectivity index is 1.48. The Kier molecular flexibility index (Phi) is 6.26. The molecule has 1 aromatic carbocycles. The molecule has 2 aliphatic heterocycles. The molecule has 0 spiro atoms. The zero-order chi connectivity index (χ0) is 23.8. The molecule has 2 aliphatic rings. The largest absolute Gasteiger partial charge is 0.340 e. The van der Waals surface area contributed by atoms with Crippen LogP contribution in [-0.2, 0) is 21.4 Å². The fourth-order valence-corrected chi connectivity index (χ4v) is 6.23. The molecule has 0 bridgehead atoms. The molecular formula is C23H27N3O6S. The number of carbonyl (C=O) groups excluding carboxylic acids is 2. The third-order valence-corrected chi connectivity index (χ3v) is 8.80. The topological polar surface area (TPSA) is 117 Å². The van der Waals surface area contributed by atoms with Crippen molar-refractivity contribution in [1.82, 2.24) is 14.2 Å². The molecule has 3 heterocycles. The number of aromatic nitrogens is 1. The number of piperidine rings is 1. The number of hydrogen-bond donors (Lipinski definition) is 1. The minimum atomic E-state index is -3.68. The third kappa shape index (κ3) is 4.25. The van der Waals surface area contributed by atoms with Gasteiger partial charge in [-0.25, -0.2) is 18.7 Å². The van der Waals surface area contributed by atoms with Crippen LogP contribution in [0.4, 0.5) is 0 Å². The van der Waals surface area contributed by atoms with Crippen molar-refractivity contribution in [2.24, 2.45) is 11.3 Å². The number of benzene rings is 1. The van der Waals surface area contributed by atoms with Gasteiger partial charge in [-0.15, -0.1) is 0 Å². The zero-order valence-electron chi connectivity index (χ0n) is 18.6. The summed E-state index contributed by atoms with van der Waals surface area (Å²) in [5.74, 6) is -0.0222. The van der Waals surface area contributed by atoms with Gasteiger partial charge in [-0.3, -0.25) is 9.59 Å². The first kappa shape index (κ1) is 23.3. The molecule has 176 valence electrons. The lowest BCUT2D eigenvalue weighted by atomic mass is 9.69. The summed E-state index contributed by atoms with van der Waals surface area (Å²) in [7, 11) is -3.68. The number of amides is 1. The quantitative estimate of drug-likeness (QED) is 0.485. The molecule has 1 fully saturated rings. The zero-order valence-corrected chi connectivity index (χ0v) is 19.4. The molecule has 4 rings (SSSR count). The molecule has 0 saturated carbocycles. The second-order valence-electron chi connectivity index (χ2n) is 8.89. The average Bonchev–Trinajstić information content (AvgIpc) is 3.13. The van der Waals surface area contributed by atoms with Gasteiger partial charge in [-0.05, 0) is 61.6 Å². The molecule has 9 nitrogen and oxygen atoms in total. The van der Waals surface area contributed by atoms with E-state index >= 15 is 0 Å². The van der Waals surface area contributed by atoms with Gasteiger partial charge < -0.3 is 9.79 Å². The van der Waals surface area contributed by atoms with Crippen molar-refractivity contribution >= 4 is 21.7 Å². The van der Waals surface area contributed by atoms with Gasteiger partial charge in [-0.2, -0.15) is 4.31 Å². The summed E-state index contributed by atoms with van der Waals surface area (Å²) < 4.78 is 27.2. The number of pyridine rings is 1. The number of ketones is 1. The van der Waals surface area contributed by atoms with Crippen molar-refractivity contribution in [2.45, 2.75) is 38.3 Å². The summed E-state index contributed by atoms with van der Waals surface area (Å²) in [6.45, 7) is 4.53. The molecule has 1 unspecified atom stereocenters. The van der Waals surface area contributed by atoms with Gasteiger partial charge in [0, 0.05) is 43.4 Å². The molecule has 1 saturated heterocycles. The second kappa shape index (κ2) is 8.85. The Morgan fingerprint density at radius 3 is 2.58 bits per heavy atom. The van der Waals surface area contributed by atoms with E-state index in [0.717, 1.165) is 5.56 Å². The Morgan fingerprint density at radius 2 is 1.97 bits per heavy atom. The van der Waals surface area contributed by atoms with E-state index in [9.17, 15) is 18.0 Å². The Bertz CT molecular complexity index is 1160. The predicted octanol–water partition coefficient (Wildman–Crippen LogP) is 2.59. The Hall–Kier alpha value is -2.82. The minimum Gasteiger partial charge on any atom is -0.340 e. The van der Waals surface area contributed by atoms with E-state index < -0.39 is 15.4 Å². The number of Topliss-reactive ketones (excluding diaryl/α,β-unsaturated/α-hetero) is 1. The van der Waals surface area contributed by atoms with Crippen molar-refractivity contribution in [3.05, 3.63) is 53.7 Å². The highest BCUT2D eigenvalue weighted by atomic mass is 32.2. The molecule has 33 heavy (non-hydrogen) atoms. The van der Waals surface area contributed by atoms with E-state index in [0.29, 0.717) is 24.9 Å². The van der Waals surface area contributed by atoms with Crippen LogP contribution in [0, 0.1) is 11.3 Å². The summed E-state index contributed by atoms with van der Waals surface area (Å²) in [6.07, 6.45) is 2.48. The number of sulfonamides is 1. The van der Waals surface area contributed by atoms with Gasteiger partial charge >= 0.3 is 0 Å². The lowest BCUT2D eigenvalue weighted by Crippen LogP contribution is -2.50. The number of hydrogen-bond acceptors (Lipinski definition) is 7. The first-order valence-electron chi connectivity index (χ1n) is 10.8. The summed E-state index contributed by atoms with van der Waals surface area (Å²) in [6, 6.07) is 9.51. The molecule has 1 N–H and O–H groups in total. The van der Waals surface area contributed by atoms with Crippen LogP contribution in [0.25, 0.3) is 0 Å². The fraction of sp³-hybridized carbons (Fsp3) is 0.435. The van der Waals surface area contributed by atoms with E-state index in [2.05, 4.69) is 9.87 Å². The van der Waals surface area contributed by atoms with Crippen molar-refractivity contribution in [1.29, 1.82) is 0 Å². The van der Waals surface area contributed by atoms with Gasteiger partial charge in [0.15, 0.2) is 10.8 Å². The fourth-order valence-electron chi connectivity index (χ4n) is 4.83. The van der Waals surface area contributed by atoms with E-state index in [1.807, 2.05) is 6.92 Å². The van der Waals surface area contributed by atoms with E-state index in [-0.39, 0.29) is 48.0 Å². The number of rotatable bonds is 7. The molecule has 10 heteroatoms. The van der Waals surface area contributed by atoms with Crippen LogP contribution in [0.15, 0.2) is 47.6 Å². The maximum Gasteiger partial charge on any atom is 0.260 e. The molecule has 0 aliphatic carbocycles. The van der Waals surface area contributed by atoms with E-state index in [1.165, 1.54) is 29.6 Å². The smallest absolute Gasteiger partial charge is 0.260 e. The van der Waals surface area contributed by atoms with Gasteiger partial charge in [0.25, 0.3) is 15.9 Å². The average molecular weight is 474 g/mol. The molecule has 0 radical (unpaired) electrons.